The van der Waals surface area contributed by atoms with Crippen LogP contribution < -0.4 is 10.9 Å². The fourth-order valence-corrected chi connectivity index (χ4v) is 3.06. The topological polar surface area (TPSA) is 76.3 Å². The molecule has 0 atom stereocenters. The lowest BCUT2D eigenvalue weighted by molar-refractivity contribution is -0.121. The Bertz CT molecular complexity index is 1150. The Morgan fingerprint density at radius 1 is 1.00 bits per heavy atom. The zero-order valence-electron chi connectivity index (χ0n) is 14.4. The summed E-state index contributed by atoms with van der Waals surface area (Å²) in [7, 11) is 0. The number of rotatable bonds is 4. The maximum Gasteiger partial charge on any atom is 0.260 e. The van der Waals surface area contributed by atoms with E-state index in [9.17, 15) is 9.59 Å². The van der Waals surface area contributed by atoms with Crippen molar-refractivity contribution in [2.24, 2.45) is 5.10 Å². The molecule has 6 nitrogen and oxygen atoms in total. The first-order chi connectivity index (χ1) is 13.2. The highest BCUT2D eigenvalue weighted by Gasteiger charge is 2.12. The molecule has 6 heteroatoms. The van der Waals surface area contributed by atoms with Crippen molar-refractivity contribution in [3.05, 3.63) is 88.8 Å². The third kappa shape index (κ3) is 3.32. The second-order valence-corrected chi connectivity index (χ2v) is 6.03. The summed E-state index contributed by atoms with van der Waals surface area (Å²) in [6, 6.07) is 18.2. The fourth-order valence-electron chi connectivity index (χ4n) is 3.06. The van der Waals surface area contributed by atoms with E-state index in [-0.39, 0.29) is 17.9 Å². The van der Waals surface area contributed by atoms with E-state index in [2.05, 4.69) is 15.5 Å². The van der Waals surface area contributed by atoms with E-state index in [1.807, 2.05) is 47.0 Å². The number of carbonyl (C=O) groups is 1. The van der Waals surface area contributed by atoms with E-state index in [1.165, 1.54) is 6.21 Å². The maximum atomic E-state index is 12.7. The van der Waals surface area contributed by atoms with Gasteiger partial charge in [-0.3, -0.25) is 14.6 Å². The molecule has 0 saturated carbocycles. The van der Waals surface area contributed by atoms with Crippen molar-refractivity contribution >= 4 is 33.9 Å². The van der Waals surface area contributed by atoms with Gasteiger partial charge in [-0.1, -0.05) is 30.3 Å². The van der Waals surface area contributed by atoms with Crippen LogP contribution in [-0.2, 0) is 11.3 Å². The SMILES string of the molecule is O=C(Cn1c2ccccc2c(=O)c2ccccc21)N/N=C/c1cccnc1. The molecule has 2 heterocycles. The van der Waals surface area contributed by atoms with Crippen molar-refractivity contribution in [3.63, 3.8) is 0 Å². The first-order valence-electron chi connectivity index (χ1n) is 8.46. The summed E-state index contributed by atoms with van der Waals surface area (Å²) < 4.78 is 1.83. The first kappa shape index (κ1) is 16.7. The fraction of sp³-hybridized carbons (Fsp3) is 0.0476. The van der Waals surface area contributed by atoms with Crippen molar-refractivity contribution in [1.82, 2.24) is 15.0 Å². The Morgan fingerprint density at radius 2 is 1.67 bits per heavy atom. The highest BCUT2D eigenvalue weighted by molar-refractivity contribution is 5.95. The molecule has 0 fully saturated rings. The molecule has 0 aliphatic heterocycles. The molecular formula is C21H16N4O2. The highest BCUT2D eigenvalue weighted by Crippen LogP contribution is 2.18. The lowest BCUT2D eigenvalue weighted by atomic mass is 10.1. The molecule has 27 heavy (non-hydrogen) atoms. The molecule has 2 aromatic carbocycles. The van der Waals surface area contributed by atoms with Crippen LogP contribution in [-0.4, -0.2) is 21.7 Å². The van der Waals surface area contributed by atoms with Crippen LogP contribution in [0.4, 0.5) is 0 Å². The molecule has 0 saturated heterocycles. The van der Waals surface area contributed by atoms with Crippen molar-refractivity contribution < 1.29 is 4.79 Å². The molecule has 1 N–H and O–H groups in total. The van der Waals surface area contributed by atoms with E-state index >= 15 is 0 Å². The van der Waals surface area contributed by atoms with Crippen LogP contribution >= 0.6 is 0 Å². The molecule has 0 unspecified atom stereocenters. The molecule has 132 valence electrons. The largest absolute Gasteiger partial charge is 0.331 e. The summed E-state index contributed by atoms with van der Waals surface area (Å²) in [4.78, 5) is 29.1. The van der Waals surface area contributed by atoms with Gasteiger partial charge in [-0.05, 0) is 30.3 Å². The number of hydrogen-bond donors (Lipinski definition) is 1. The summed E-state index contributed by atoms with van der Waals surface area (Å²) in [5.41, 5.74) is 4.71. The van der Waals surface area contributed by atoms with Crippen molar-refractivity contribution in [2.75, 3.05) is 0 Å². The number of pyridine rings is 2. The maximum absolute atomic E-state index is 12.7. The Hall–Kier alpha value is -3.80. The number of benzene rings is 2. The number of amides is 1. The van der Waals surface area contributed by atoms with Crippen LogP contribution in [0.15, 0.2) is 83.0 Å². The number of nitrogens with one attached hydrogen (secondary N) is 1. The van der Waals surface area contributed by atoms with Gasteiger partial charge < -0.3 is 4.57 Å². The third-order valence-electron chi connectivity index (χ3n) is 4.27. The molecule has 1 amide bonds. The average Bonchev–Trinajstić information content (AvgIpc) is 2.72. The van der Waals surface area contributed by atoms with Crippen molar-refractivity contribution in [2.45, 2.75) is 6.54 Å². The highest BCUT2D eigenvalue weighted by atomic mass is 16.2. The van der Waals surface area contributed by atoms with Crippen LogP contribution in [0.5, 0.6) is 0 Å². The minimum Gasteiger partial charge on any atom is -0.331 e. The Labute approximate surface area is 154 Å². The summed E-state index contributed by atoms with van der Waals surface area (Å²) in [5, 5.41) is 5.15. The van der Waals surface area contributed by atoms with Crippen LogP contribution in [0.25, 0.3) is 21.8 Å². The zero-order chi connectivity index (χ0) is 18.6. The van der Waals surface area contributed by atoms with E-state index in [4.69, 9.17) is 0 Å². The third-order valence-corrected chi connectivity index (χ3v) is 4.27. The number of nitrogens with zero attached hydrogens (tertiary/aromatic N) is 3. The van der Waals surface area contributed by atoms with Gasteiger partial charge in [-0.2, -0.15) is 5.10 Å². The molecule has 0 bridgehead atoms. The summed E-state index contributed by atoms with van der Waals surface area (Å²) in [5.74, 6) is -0.283. The number of hydrazone groups is 1. The molecular weight excluding hydrogens is 340 g/mol. The van der Waals surface area contributed by atoms with E-state index in [0.717, 1.165) is 5.56 Å². The predicted molar refractivity (Wildman–Crippen MR) is 106 cm³/mol. The van der Waals surface area contributed by atoms with Crippen molar-refractivity contribution in [1.29, 1.82) is 0 Å². The second-order valence-electron chi connectivity index (χ2n) is 6.03. The van der Waals surface area contributed by atoms with Gasteiger partial charge >= 0.3 is 0 Å². The van der Waals surface area contributed by atoms with E-state index in [0.29, 0.717) is 21.8 Å². The minimum atomic E-state index is -0.283. The zero-order valence-corrected chi connectivity index (χ0v) is 14.4. The molecule has 0 spiro atoms. The first-order valence-corrected chi connectivity index (χ1v) is 8.46. The Morgan fingerprint density at radius 3 is 2.30 bits per heavy atom. The Balaban J connectivity index is 1.68. The van der Waals surface area contributed by atoms with Gasteiger partial charge in [-0.25, -0.2) is 5.43 Å². The van der Waals surface area contributed by atoms with E-state index in [1.54, 1.807) is 30.6 Å². The van der Waals surface area contributed by atoms with Crippen LogP contribution in [0.2, 0.25) is 0 Å². The second kappa shape index (κ2) is 7.21. The number of carbonyl (C=O) groups excluding carboxylic acids is 1. The van der Waals surface area contributed by atoms with E-state index < -0.39 is 0 Å². The van der Waals surface area contributed by atoms with Gasteiger partial charge in [-0.15, -0.1) is 0 Å². The molecule has 4 rings (SSSR count). The smallest absolute Gasteiger partial charge is 0.260 e. The van der Waals surface area contributed by atoms with Crippen LogP contribution in [0.1, 0.15) is 5.56 Å². The standard InChI is InChI=1S/C21H16N4O2/c26-20(24-23-13-15-6-5-11-22-12-15)14-25-18-9-3-1-7-16(18)21(27)17-8-2-4-10-19(17)25/h1-13H,14H2,(H,24,26)/b23-13+. The van der Waals surface area contributed by atoms with Gasteiger partial charge in [0.2, 0.25) is 0 Å². The number of fused-ring (bicyclic) bond motifs is 2. The monoisotopic (exact) mass is 356 g/mol. The summed E-state index contributed by atoms with van der Waals surface area (Å²) in [6.45, 7) is 0.0473. The van der Waals surface area contributed by atoms with Crippen molar-refractivity contribution in [3.8, 4) is 0 Å². The van der Waals surface area contributed by atoms with Gasteiger partial charge in [0.15, 0.2) is 5.43 Å². The molecule has 4 aromatic rings. The number of aromatic nitrogens is 2. The minimum absolute atomic E-state index is 0.0348. The Kier molecular flexibility index (Phi) is 4.45. The lowest BCUT2D eigenvalue weighted by Crippen LogP contribution is -2.25. The van der Waals surface area contributed by atoms with Gasteiger partial charge in [0.05, 0.1) is 17.2 Å². The molecule has 0 radical (unpaired) electrons. The van der Waals surface area contributed by atoms with Gasteiger partial charge in [0.25, 0.3) is 5.91 Å². The normalized spacial score (nSPS) is 11.3. The molecule has 2 aromatic heterocycles. The molecule has 0 aliphatic rings. The lowest BCUT2D eigenvalue weighted by Gasteiger charge is -2.14. The summed E-state index contributed by atoms with van der Waals surface area (Å²) >= 11 is 0. The van der Waals surface area contributed by atoms with Gasteiger partial charge in [0.1, 0.15) is 6.54 Å². The number of para-hydroxylation sites is 2. The molecule has 0 aliphatic carbocycles. The number of hydrogen-bond acceptors (Lipinski definition) is 4. The quantitative estimate of drug-likeness (QED) is 0.347. The van der Waals surface area contributed by atoms with Crippen LogP contribution in [0.3, 0.4) is 0 Å². The summed E-state index contributed by atoms with van der Waals surface area (Å²) in [6.07, 6.45) is 4.85. The predicted octanol–water partition coefficient (Wildman–Crippen LogP) is 2.70. The average molecular weight is 356 g/mol. The van der Waals surface area contributed by atoms with Gasteiger partial charge in [0, 0.05) is 28.7 Å². The van der Waals surface area contributed by atoms with Crippen LogP contribution in [0, 0.1) is 0 Å².